The molecule has 0 spiro atoms. The van der Waals surface area contributed by atoms with Crippen molar-refractivity contribution in [2.75, 3.05) is 6.54 Å². The van der Waals surface area contributed by atoms with Crippen LogP contribution < -0.4 is 10.5 Å². The highest BCUT2D eigenvalue weighted by Crippen LogP contribution is 2.28. The molecule has 1 heterocycles. The van der Waals surface area contributed by atoms with Crippen LogP contribution in [0.3, 0.4) is 0 Å². The average molecular weight is 335 g/mol. The molecular weight excluding hydrogens is 314 g/mol. The molecule has 1 atom stereocenters. The Kier molecular flexibility index (Phi) is 4.48. The van der Waals surface area contributed by atoms with Gasteiger partial charge in [-0.2, -0.15) is 0 Å². The number of aromatic nitrogens is 2. The summed E-state index contributed by atoms with van der Waals surface area (Å²) in [7, 11) is 0. The second-order valence-corrected chi connectivity index (χ2v) is 6.43. The highest BCUT2D eigenvalue weighted by atomic mass is 16.5. The van der Waals surface area contributed by atoms with E-state index in [1.165, 1.54) is 11.1 Å². The Morgan fingerprint density at radius 3 is 2.80 bits per heavy atom. The third kappa shape index (κ3) is 3.56. The predicted octanol–water partition coefficient (Wildman–Crippen LogP) is 3.38. The molecule has 25 heavy (non-hydrogen) atoms. The average Bonchev–Trinajstić information content (AvgIpc) is 3.15. The molecule has 1 aliphatic carbocycles. The summed E-state index contributed by atoms with van der Waals surface area (Å²) in [5.41, 5.74) is 9.45. The molecule has 0 amide bonds. The summed E-state index contributed by atoms with van der Waals surface area (Å²) in [6.45, 7) is 1.03. The quantitative estimate of drug-likeness (QED) is 0.774. The summed E-state index contributed by atoms with van der Waals surface area (Å²) < 4.78 is 11.5. The van der Waals surface area contributed by atoms with Crippen LogP contribution in [0, 0.1) is 5.92 Å². The van der Waals surface area contributed by atoms with Crippen molar-refractivity contribution >= 4 is 0 Å². The molecule has 1 aromatic heterocycles. The van der Waals surface area contributed by atoms with Gasteiger partial charge in [0, 0.05) is 5.56 Å². The van der Waals surface area contributed by atoms with E-state index in [1.54, 1.807) is 0 Å². The van der Waals surface area contributed by atoms with Gasteiger partial charge in [0.1, 0.15) is 5.75 Å². The Bertz CT molecular complexity index is 845. The van der Waals surface area contributed by atoms with Crippen LogP contribution in [0.4, 0.5) is 0 Å². The molecule has 2 aromatic carbocycles. The molecule has 0 bridgehead atoms. The topological polar surface area (TPSA) is 74.2 Å². The molecule has 0 saturated heterocycles. The summed E-state index contributed by atoms with van der Waals surface area (Å²) in [6, 6.07) is 16.0. The zero-order chi connectivity index (χ0) is 17.1. The van der Waals surface area contributed by atoms with Crippen LogP contribution in [0.5, 0.6) is 5.75 Å². The van der Waals surface area contributed by atoms with Gasteiger partial charge in [0.2, 0.25) is 5.89 Å². The van der Waals surface area contributed by atoms with Crippen LogP contribution in [0.15, 0.2) is 52.9 Å². The normalized spacial score (nSPS) is 16.4. The smallest absolute Gasteiger partial charge is 0.254 e. The van der Waals surface area contributed by atoms with Crippen molar-refractivity contribution in [3.8, 4) is 17.2 Å². The Hall–Kier alpha value is -2.66. The highest BCUT2D eigenvalue weighted by molar-refractivity contribution is 5.51. The van der Waals surface area contributed by atoms with E-state index < -0.39 is 0 Å². The van der Waals surface area contributed by atoms with E-state index >= 15 is 0 Å². The van der Waals surface area contributed by atoms with Crippen molar-refractivity contribution in [1.29, 1.82) is 0 Å². The van der Waals surface area contributed by atoms with Gasteiger partial charge in [-0.3, -0.25) is 0 Å². The molecule has 128 valence electrons. The Morgan fingerprint density at radius 2 is 1.96 bits per heavy atom. The van der Waals surface area contributed by atoms with E-state index in [1.807, 2.05) is 36.4 Å². The van der Waals surface area contributed by atoms with Crippen LogP contribution in [0.1, 0.15) is 23.4 Å². The molecule has 0 radical (unpaired) electrons. The fourth-order valence-corrected chi connectivity index (χ4v) is 3.25. The van der Waals surface area contributed by atoms with Gasteiger partial charge in [0.05, 0.1) is 0 Å². The van der Waals surface area contributed by atoms with Gasteiger partial charge in [0.15, 0.2) is 6.61 Å². The van der Waals surface area contributed by atoms with Crippen molar-refractivity contribution in [1.82, 2.24) is 10.2 Å². The number of ether oxygens (including phenoxy) is 1. The molecule has 5 heteroatoms. The van der Waals surface area contributed by atoms with Crippen LogP contribution in [0.25, 0.3) is 11.5 Å². The molecule has 2 N–H and O–H groups in total. The maximum absolute atomic E-state index is 5.84. The number of hydrogen-bond donors (Lipinski definition) is 1. The van der Waals surface area contributed by atoms with Crippen LogP contribution in [-0.4, -0.2) is 16.7 Å². The highest BCUT2D eigenvalue weighted by Gasteiger charge is 2.18. The zero-order valence-corrected chi connectivity index (χ0v) is 14.0. The summed E-state index contributed by atoms with van der Waals surface area (Å²) in [4.78, 5) is 0. The molecule has 1 aliphatic rings. The molecule has 3 aromatic rings. The zero-order valence-electron chi connectivity index (χ0n) is 14.0. The maximum atomic E-state index is 5.84. The largest absolute Gasteiger partial charge is 0.484 e. The number of benzene rings is 2. The lowest BCUT2D eigenvalue weighted by molar-refractivity contribution is 0.264. The second-order valence-electron chi connectivity index (χ2n) is 6.43. The lowest BCUT2D eigenvalue weighted by Gasteiger charge is -2.23. The molecule has 0 saturated carbocycles. The van der Waals surface area contributed by atoms with Gasteiger partial charge in [-0.1, -0.05) is 24.3 Å². The third-order valence-corrected chi connectivity index (χ3v) is 4.69. The minimum atomic E-state index is 0.268. The Balaban J connectivity index is 1.41. The number of nitrogens with two attached hydrogens (primary N) is 1. The minimum Gasteiger partial charge on any atom is -0.484 e. The van der Waals surface area contributed by atoms with E-state index in [0.717, 1.165) is 37.1 Å². The first-order chi connectivity index (χ1) is 12.3. The molecular formula is C20H21N3O2. The lowest BCUT2D eigenvalue weighted by atomic mass is 9.84. The van der Waals surface area contributed by atoms with Crippen molar-refractivity contribution in [3.05, 3.63) is 65.5 Å². The second kappa shape index (κ2) is 7.07. The summed E-state index contributed by atoms with van der Waals surface area (Å²) in [5, 5.41) is 8.14. The first-order valence-corrected chi connectivity index (χ1v) is 8.64. The fraction of sp³-hybridized carbons (Fsp3) is 0.300. The van der Waals surface area contributed by atoms with Crippen molar-refractivity contribution in [3.63, 3.8) is 0 Å². The van der Waals surface area contributed by atoms with Crippen LogP contribution in [0.2, 0.25) is 0 Å². The molecule has 5 nitrogen and oxygen atoms in total. The number of fused-ring (bicyclic) bond motifs is 1. The number of hydrogen-bond acceptors (Lipinski definition) is 5. The summed E-state index contributed by atoms with van der Waals surface area (Å²) in [6.07, 6.45) is 3.28. The first kappa shape index (κ1) is 15.8. The third-order valence-electron chi connectivity index (χ3n) is 4.69. The van der Waals surface area contributed by atoms with Gasteiger partial charge >= 0.3 is 0 Å². The minimum absolute atomic E-state index is 0.268. The van der Waals surface area contributed by atoms with E-state index in [2.05, 4.69) is 22.3 Å². The van der Waals surface area contributed by atoms with Crippen molar-refractivity contribution < 1.29 is 9.15 Å². The fourth-order valence-electron chi connectivity index (χ4n) is 3.25. The maximum Gasteiger partial charge on any atom is 0.254 e. The molecule has 4 rings (SSSR count). The monoisotopic (exact) mass is 335 g/mol. The van der Waals surface area contributed by atoms with E-state index in [9.17, 15) is 0 Å². The van der Waals surface area contributed by atoms with Gasteiger partial charge in [0.25, 0.3) is 5.89 Å². The number of aryl methyl sites for hydroxylation is 1. The molecule has 1 unspecified atom stereocenters. The number of rotatable bonds is 5. The van der Waals surface area contributed by atoms with Crippen LogP contribution in [-0.2, 0) is 19.4 Å². The van der Waals surface area contributed by atoms with Crippen molar-refractivity contribution in [2.45, 2.75) is 25.9 Å². The van der Waals surface area contributed by atoms with Gasteiger partial charge in [-0.25, -0.2) is 0 Å². The Labute approximate surface area is 146 Å². The van der Waals surface area contributed by atoms with Gasteiger partial charge in [-0.15, -0.1) is 10.2 Å². The number of nitrogens with zero attached hydrogens (tertiary/aromatic N) is 2. The standard InChI is InChI=1S/C20H21N3O2/c21-12-14-6-7-17-11-18(9-8-16(17)10-14)24-13-19-22-23-20(25-19)15-4-2-1-3-5-15/h1-5,8-9,11,14H,6-7,10,12-13,21H2. The first-order valence-electron chi connectivity index (χ1n) is 8.64. The molecule has 0 fully saturated rings. The summed E-state index contributed by atoms with van der Waals surface area (Å²) in [5.74, 6) is 2.43. The Morgan fingerprint density at radius 1 is 1.08 bits per heavy atom. The van der Waals surface area contributed by atoms with Gasteiger partial charge in [-0.05, 0) is 67.1 Å². The van der Waals surface area contributed by atoms with Crippen molar-refractivity contribution in [2.24, 2.45) is 11.7 Å². The lowest BCUT2D eigenvalue weighted by Crippen LogP contribution is -2.22. The van der Waals surface area contributed by atoms with E-state index in [0.29, 0.717) is 17.7 Å². The van der Waals surface area contributed by atoms with Gasteiger partial charge < -0.3 is 14.9 Å². The predicted molar refractivity (Wildman–Crippen MR) is 95.1 cm³/mol. The summed E-state index contributed by atoms with van der Waals surface area (Å²) >= 11 is 0. The van der Waals surface area contributed by atoms with Crippen LogP contribution >= 0.6 is 0 Å². The van der Waals surface area contributed by atoms with E-state index in [-0.39, 0.29) is 6.61 Å². The van der Waals surface area contributed by atoms with E-state index in [4.69, 9.17) is 14.9 Å². The SMILES string of the molecule is NCC1CCc2cc(OCc3nnc(-c4ccccc4)o3)ccc2C1. The molecule has 0 aliphatic heterocycles.